The molecule has 0 aliphatic carbocycles. The SMILES string of the molecule is CC(C)(O)CN1CCN(CCCC(=O)c2cccs2)CC1. The number of hydrogen-bond donors (Lipinski definition) is 1. The second-order valence-electron chi connectivity index (χ2n) is 6.43. The highest BCUT2D eigenvalue weighted by Gasteiger charge is 2.22. The maximum Gasteiger partial charge on any atom is 0.172 e. The summed E-state index contributed by atoms with van der Waals surface area (Å²) >= 11 is 1.53. The summed E-state index contributed by atoms with van der Waals surface area (Å²) in [5.74, 6) is 0.269. The molecule has 0 saturated carbocycles. The van der Waals surface area contributed by atoms with Crippen LogP contribution in [0, 0.1) is 0 Å². The van der Waals surface area contributed by atoms with Crippen LogP contribution in [0.1, 0.15) is 36.4 Å². The number of piperazine rings is 1. The Morgan fingerprint density at radius 3 is 2.52 bits per heavy atom. The Kier molecular flexibility index (Phi) is 5.93. The second-order valence-corrected chi connectivity index (χ2v) is 7.38. The smallest absolute Gasteiger partial charge is 0.172 e. The quantitative estimate of drug-likeness (QED) is 0.783. The van der Waals surface area contributed by atoms with E-state index < -0.39 is 5.60 Å². The fraction of sp³-hybridized carbons (Fsp3) is 0.688. The van der Waals surface area contributed by atoms with Crippen LogP contribution in [0.2, 0.25) is 0 Å². The molecule has 0 unspecified atom stereocenters. The number of rotatable bonds is 7. The van der Waals surface area contributed by atoms with Gasteiger partial charge in [-0.25, -0.2) is 0 Å². The lowest BCUT2D eigenvalue weighted by atomic mass is 10.1. The minimum absolute atomic E-state index is 0.269. The normalized spacial score (nSPS) is 18.0. The van der Waals surface area contributed by atoms with E-state index in [2.05, 4.69) is 9.80 Å². The van der Waals surface area contributed by atoms with Crippen molar-refractivity contribution >= 4 is 17.1 Å². The molecule has 0 bridgehead atoms. The molecule has 0 atom stereocenters. The molecular formula is C16H26N2O2S. The lowest BCUT2D eigenvalue weighted by molar-refractivity contribution is 0.0176. The van der Waals surface area contributed by atoms with Crippen LogP contribution in [-0.2, 0) is 0 Å². The van der Waals surface area contributed by atoms with Crippen molar-refractivity contribution in [3.8, 4) is 0 Å². The van der Waals surface area contributed by atoms with Crippen molar-refractivity contribution in [2.75, 3.05) is 39.3 Å². The highest BCUT2D eigenvalue weighted by Crippen LogP contribution is 2.13. The highest BCUT2D eigenvalue weighted by atomic mass is 32.1. The molecule has 1 aliphatic heterocycles. The molecule has 0 amide bonds. The summed E-state index contributed by atoms with van der Waals surface area (Å²) in [7, 11) is 0. The van der Waals surface area contributed by atoms with Crippen molar-refractivity contribution in [1.29, 1.82) is 0 Å². The largest absolute Gasteiger partial charge is 0.389 e. The van der Waals surface area contributed by atoms with Gasteiger partial charge in [0, 0.05) is 39.1 Å². The highest BCUT2D eigenvalue weighted by molar-refractivity contribution is 7.12. The van der Waals surface area contributed by atoms with Crippen LogP contribution in [0.5, 0.6) is 0 Å². The Bertz CT molecular complexity index is 432. The Hall–Kier alpha value is -0.750. The Balaban J connectivity index is 1.62. The number of aliphatic hydroxyl groups is 1. The van der Waals surface area contributed by atoms with Crippen molar-refractivity contribution in [3.05, 3.63) is 22.4 Å². The third-order valence-corrected chi connectivity index (χ3v) is 4.66. The van der Waals surface area contributed by atoms with Crippen LogP contribution in [0.3, 0.4) is 0 Å². The van der Waals surface area contributed by atoms with Crippen molar-refractivity contribution in [3.63, 3.8) is 0 Å². The van der Waals surface area contributed by atoms with Crippen LogP contribution in [0.25, 0.3) is 0 Å². The van der Waals surface area contributed by atoms with E-state index >= 15 is 0 Å². The summed E-state index contributed by atoms with van der Waals surface area (Å²) in [4.78, 5) is 17.5. The number of ketones is 1. The van der Waals surface area contributed by atoms with Crippen molar-refractivity contribution < 1.29 is 9.90 Å². The summed E-state index contributed by atoms with van der Waals surface area (Å²) < 4.78 is 0. The van der Waals surface area contributed by atoms with Crippen LogP contribution < -0.4 is 0 Å². The fourth-order valence-corrected chi connectivity index (χ4v) is 3.44. The summed E-state index contributed by atoms with van der Waals surface area (Å²) in [5, 5.41) is 11.8. The molecule has 1 aromatic rings. The van der Waals surface area contributed by atoms with Gasteiger partial charge in [0.15, 0.2) is 5.78 Å². The molecule has 2 rings (SSSR count). The van der Waals surface area contributed by atoms with Gasteiger partial charge in [0.05, 0.1) is 10.5 Å². The standard InChI is InChI=1S/C16H26N2O2S/c1-16(2,20)13-18-10-8-17(9-11-18)7-3-5-14(19)15-6-4-12-21-15/h4,6,12,20H,3,5,7-11,13H2,1-2H3. The van der Waals surface area contributed by atoms with Gasteiger partial charge in [0.2, 0.25) is 0 Å². The lowest BCUT2D eigenvalue weighted by Gasteiger charge is -2.37. The van der Waals surface area contributed by atoms with Gasteiger partial charge in [-0.1, -0.05) is 6.07 Å². The molecule has 0 aromatic carbocycles. The van der Waals surface area contributed by atoms with Gasteiger partial charge < -0.3 is 10.0 Å². The first kappa shape index (κ1) is 16.6. The minimum Gasteiger partial charge on any atom is -0.389 e. The molecule has 21 heavy (non-hydrogen) atoms. The molecule has 1 aliphatic rings. The van der Waals surface area contributed by atoms with E-state index in [0.717, 1.165) is 50.6 Å². The van der Waals surface area contributed by atoms with Gasteiger partial charge in [0.25, 0.3) is 0 Å². The monoisotopic (exact) mass is 310 g/mol. The first-order valence-electron chi connectivity index (χ1n) is 7.68. The summed E-state index contributed by atoms with van der Waals surface area (Å²) in [5.41, 5.74) is -0.616. The molecule has 4 nitrogen and oxygen atoms in total. The minimum atomic E-state index is -0.616. The Labute approximate surface area is 131 Å². The molecule has 0 radical (unpaired) electrons. The van der Waals surface area contributed by atoms with Crippen molar-refractivity contribution in [2.24, 2.45) is 0 Å². The van der Waals surface area contributed by atoms with Crippen molar-refractivity contribution in [2.45, 2.75) is 32.3 Å². The summed E-state index contributed by atoms with van der Waals surface area (Å²) in [6.45, 7) is 9.51. The average Bonchev–Trinajstić information content (AvgIpc) is 2.93. The van der Waals surface area contributed by atoms with E-state index in [1.165, 1.54) is 11.3 Å². The van der Waals surface area contributed by atoms with Gasteiger partial charge in [-0.2, -0.15) is 0 Å². The van der Waals surface area contributed by atoms with E-state index in [0.29, 0.717) is 6.42 Å². The molecule has 2 heterocycles. The van der Waals surface area contributed by atoms with Gasteiger partial charge in [-0.15, -0.1) is 11.3 Å². The number of nitrogens with zero attached hydrogens (tertiary/aromatic N) is 2. The second kappa shape index (κ2) is 7.49. The topological polar surface area (TPSA) is 43.8 Å². The van der Waals surface area contributed by atoms with Gasteiger partial charge in [-0.05, 0) is 38.3 Å². The zero-order chi connectivity index (χ0) is 15.3. The lowest BCUT2D eigenvalue weighted by Crippen LogP contribution is -2.50. The Morgan fingerprint density at radius 2 is 1.95 bits per heavy atom. The molecule has 1 N–H and O–H groups in total. The number of carbonyl (C=O) groups is 1. The zero-order valence-corrected chi connectivity index (χ0v) is 13.9. The maximum absolute atomic E-state index is 11.9. The Morgan fingerprint density at radius 1 is 1.29 bits per heavy atom. The molecule has 1 fully saturated rings. The number of hydrogen-bond acceptors (Lipinski definition) is 5. The molecular weight excluding hydrogens is 284 g/mol. The number of β-amino-alcohol motifs (C(OH)–C–C–N with tert-alkyl or cyclic N) is 1. The van der Waals surface area contributed by atoms with Gasteiger partial charge in [0.1, 0.15) is 0 Å². The predicted octanol–water partition coefficient (Wildman–Crippen LogP) is 2.10. The molecule has 0 spiro atoms. The van der Waals surface area contributed by atoms with Crippen molar-refractivity contribution in [1.82, 2.24) is 9.80 Å². The first-order valence-corrected chi connectivity index (χ1v) is 8.56. The summed E-state index contributed by atoms with van der Waals surface area (Å²) in [6.07, 6.45) is 1.58. The molecule has 118 valence electrons. The fourth-order valence-electron chi connectivity index (χ4n) is 2.74. The third-order valence-electron chi connectivity index (χ3n) is 3.75. The zero-order valence-electron chi connectivity index (χ0n) is 13.0. The van der Waals surface area contributed by atoms with E-state index in [-0.39, 0.29) is 5.78 Å². The van der Waals surface area contributed by atoms with Crippen LogP contribution in [0.15, 0.2) is 17.5 Å². The first-order chi connectivity index (χ1) is 9.94. The van der Waals surface area contributed by atoms with Crippen LogP contribution >= 0.6 is 11.3 Å². The maximum atomic E-state index is 11.9. The van der Waals surface area contributed by atoms with E-state index in [1.807, 2.05) is 31.4 Å². The van der Waals surface area contributed by atoms with E-state index in [1.54, 1.807) is 0 Å². The number of thiophene rings is 1. The third kappa shape index (κ3) is 5.87. The predicted molar refractivity (Wildman–Crippen MR) is 87.1 cm³/mol. The van der Waals surface area contributed by atoms with Crippen LogP contribution in [-0.4, -0.2) is 65.6 Å². The number of Topliss-reactive ketones (excluding diaryl/α,β-unsaturated/α-hetero) is 1. The average molecular weight is 310 g/mol. The molecule has 1 saturated heterocycles. The van der Waals surface area contributed by atoms with Gasteiger partial charge >= 0.3 is 0 Å². The summed E-state index contributed by atoms with van der Waals surface area (Å²) in [6, 6.07) is 3.84. The van der Waals surface area contributed by atoms with E-state index in [9.17, 15) is 9.90 Å². The molecule has 1 aromatic heterocycles. The van der Waals surface area contributed by atoms with E-state index in [4.69, 9.17) is 0 Å². The molecule has 5 heteroatoms. The number of carbonyl (C=O) groups excluding carboxylic acids is 1. The van der Waals surface area contributed by atoms with Gasteiger partial charge in [-0.3, -0.25) is 9.69 Å². The van der Waals surface area contributed by atoms with Crippen LogP contribution in [0.4, 0.5) is 0 Å².